The lowest BCUT2D eigenvalue weighted by molar-refractivity contribution is -0.0265. The van der Waals surface area contributed by atoms with Gasteiger partial charge in [0, 0.05) is 39.2 Å². The molecule has 0 spiro atoms. The Bertz CT molecular complexity index is 593. The van der Waals surface area contributed by atoms with Crippen LogP contribution in [0.4, 0.5) is 0 Å². The molecule has 2 fully saturated rings. The first kappa shape index (κ1) is 21.1. The second-order valence-corrected chi connectivity index (χ2v) is 8.24. The van der Waals surface area contributed by atoms with Gasteiger partial charge in [-0.2, -0.15) is 0 Å². The second kappa shape index (κ2) is 11.4. The van der Waals surface area contributed by atoms with Gasteiger partial charge in [0.05, 0.1) is 6.10 Å². The van der Waals surface area contributed by atoms with E-state index in [4.69, 9.17) is 4.74 Å². The highest BCUT2D eigenvalue weighted by Crippen LogP contribution is 2.33. The number of rotatable bonds is 6. The molecule has 2 heterocycles. The summed E-state index contributed by atoms with van der Waals surface area (Å²) < 4.78 is 6.15. The van der Waals surface area contributed by atoms with Gasteiger partial charge in [-0.1, -0.05) is 42.7 Å². The van der Waals surface area contributed by atoms with Gasteiger partial charge in [-0.15, -0.1) is 0 Å². The highest BCUT2D eigenvalue weighted by atomic mass is 16.5. The van der Waals surface area contributed by atoms with Crippen LogP contribution in [0.15, 0.2) is 29.3 Å². The third-order valence-corrected chi connectivity index (χ3v) is 6.03. The van der Waals surface area contributed by atoms with Crippen molar-refractivity contribution in [3.63, 3.8) is 0 Å². The van der Waals surface area contributed by atoms with Crippen LogP contribution < -0.4 is 10.6 Å². The largest absolute Gasteiger partial charge is 0.373 e. The molecule has 2 saturated heterocycles. The summed E-state index contributed by atoms with van der Waals surface area (Å²) >= 11 is 0. The first-order valence-electron chi connectivity index (χ1n) is 11.1. The normalized spacial score (nSPS) is 24.6. The molecule has 156 valence electrons. The molecule has 0 aliphatic carbocycles. The predicted octanol–water partition coefficient (Wildman–Crippen LogP) is 3.50. The predicted molar refractivity (Wildman–Crippen MR) is 117 cm³/mol. The Morgan fingerprint density at radius 1 is 1.07 bits per heavy atom. The molecule has 2 aliphatic heterocycles. The van der Waals surface area contributed by atoms with E-state index in [0.717, 1.165) is 38.6 Å². The fourth-order valence-electron chi connectivity index (χ4n) is 4.32. The summed E-state index contributed by atoms with van der Waals surface area (Å²) in [7, 11) is 1.86. The lowest BCUT2D eigenvalue weighted by Gasteiger charge is -2.32. The van der Waals surface area contributed by atoms with Gasteiger partial charge in [-0.3, -0.25) is 4.99 Å². The van der Waals surface area contributed by atoms with Gasteiger partial charge >= 0.3 is 0 Å². The maximum Gasteiger partial charge on any atom is 0.191 e. The minimum atomic E-state index is 0.178. The fourth-order valence-corrected chi connectivity index (χ4v) is 4.32. The molecule has 2 unspecified atom stereocenters. The van der Waals surface area contributed by atoms with Crippen LogP contribution in [0.25, 0.3) is 0 Å². The summed E-state index contributed by atoms with van der Waals surface area (Å²) in [5.74, 6) is 1.38. The highest BCUT2D eigenvalue weighted by Gasteiger charge is 2.27. The number of aliphatic imine (C=N–C) groups is 1. The van der Waals surface area contributed by atoms with Crippen LogP contribution >= 0.6 is 0 Å². The fraction of sp³-hybridized carbons (Fsp3) is 0.696. The zero-order chi connectivity index (χ0) is 19.6. The molecule has 2 N–H and O–H groups in total. The molecule has 0 radical (unpaired) electrons. The van der Waals surface area contributed by atoms with E-state index >= 15 is 0 Å². The van der Waals surface area contributed by atoms with Gasteiger partial charge in [-0.25, -0.2) is 0 Å². The number of guanidine groups is 1. The van der Waals surface area contributed by atoms with Gasteiger partial charge < -0.3 is 20.3 Å². The van der Waals surface area contributed by atoms with Crippen LogP contribution in [0.2, 0.25) is 0 Å². The third-order valence-electron chi connectivity index (χ3n) is 6.03. The van der Waals surface area contributed by atoms with Crippen molar-refractivity contribution in [1.29, 1.82) is 0 Å². The molecule has 1 aromatic rings. The number of hydrogen-bond acceptors (Lipinski definition) is 3. The van der Waals surface area contributed by atoms with Crippen molar-refractivity contribution < 1.29 is 4.74 Å². The Labute approximate surface area is 170 Å². The van der Waals surface area contributed by atoms with Crippen LogP contribution in [0.5, 0.6) is 0 Å². The third kappa shape index (κ3) is 6.49. The van der Waals surface area contributed by atoms with Crippen molar-refractivity contribution in [2.24, 2.45) is 10.9 Å². The van der Waals surface area contributed by atoms with Crippen LogP contribution in [0, 0.1) is 12.8 Å². The van der Waals surface area contributed by atoms with Crippen LogP contribution in [-0.2, 0) is 4.74 Å². The smallest absolute Gasteiger partial charge is 0.191 e. The molecule has 2 aliphatic rings. The van der Waals surface area contributed by atoms with E-state index in [1.807, 2.05) is 7.05 Å². The molecular formula is C23H38N4O. The molecule has 0 bridgehead atoms. The number of benzene rings is 1. The van der Waals surface area contributed by atoms with E-state index < -0.39 is 0 Å². The average Bonchev–Trinajstić information content (AvgIpc) is 3.00. The van der Waals surface area contributed by atoms with Crippen molar-refractivity contribution in [1.82, 2.24) is 15.5 Å². The maximum absolute atomic E-state index is 6.15. The lowest BCUT2D eigenvalue weighted by atomic mass is 9.89. The Kier molecular flexibility index (Phi) is 8.62. The van der Waals surface area contributed by atoms with Crippen molar-refractivity contribution in [2.45, 2.75) is 51.6 Å². The maximum atomic E-state index is 6.15. The van der Waals surface area contributed by atoms with E-state index in [1.54, 1.807) is 0 Å². The van der Waals surface area contributed by atoms with Crippen LogP contribution in [0.1, 0.15) is 55.8 Å². The molecule has 0 saturated carbocycles. The zero-order valence-corrected chi connectivity index (χ0v) is 17.8. The SMILES string of the molecule is CN=C(NCCN1CCCCCC1)NCC1CCCOC1c1ccc(C)cc1. The Balaban J connectivity index is 1.45. The quantitative estimate of drug-likeness (QED) is 0.580. The molecule has 28 heavy (non-hydrogen) atoms. The number of hydrogen-bond donors (Lipinski definition) is 2. The molecule has 3 rings (SSSR count). The van der Waals surface area contributed by atoms with E-state index in [9.17, 15) is 0 Å². The molecule has 5 heteroatoms. The molecule has 5 nitrogen and oxygen atoms in total. The van der Waals surface area contributed by atoms with E-state index in [1.165, 1.54) is 56.3 Å². The molecule has 2 atom stereocenters. The Hall–Kier alpha value is -1.59. The number of aryl methyl sites for hydroxylation is 1. The summed E-state index contributed by atoms with van der Waals surface area (Å²) in [5.41, 5.74) is 2.59. The number of ether oxygens (including phenoxy) is 1. The summed E-state index contributed by atoms with van der Waals surface area (Å²) in [6, 6.07) is 8.79. The van der Waals surface area contributed by atoms with Crippen molar-refractivity contribution in [2.75, 3.05) is 46.4 Å². The van der Waals surface area contributed by atoms with Gasteiger partial charge in [0.2, 0.25) is 0 Å². The van der Waals surface area contributed by atoms with E-state index in [-0.39, 0.29) is 6.10 Å². The second-order valence-electron chi connectivity index (χ2n) is 8.24. The van der Waals surface area contributed by atoms with Crippen molar-refractivity contribution >= 4 is 5.96 Å². The molecular weight excluding hydrogens is 348 g/mol. The lowest BCUT2D eigenvalue weighted by Crippen LogP contribution is -2.44. The number of nitrogens with zero attached hydrogens (tertiary/aromatic N) is 2. The Morgan fingerprint density at radius 3 is 2.54 bits per heavy atom. The highest BCUT2D eigenvalue weighted by molar-refractivity contribution is 5.79. The Morgan fingerprint density at radius 2 is 1.82 bits per heavy atom. The summed E-state index contributed by atoms with van der Waals surface area (Å²) in [6.07, 6.45) is 7.96. The number of likely N-dealkylation sites (tertiary alicyclic amines) is 1. The van der Waals surface area contributed by atoms with Crippen molar-refractivity contribution in [3.05, 3.63) is 35.4 Å². The van der Waals surface area contributed by atoms with Crippen LogP contribution in [-0.4, -0.2) is 57.2 Å². The van der Waals surface area contributed by atoms with Crippen LogP contribution in [0.3, 0.4) is 0 Å². The minimum absolute atomic E-state index is 0.178. The topological polar surface area (TPSA) is 48.9 Å². The number of nitrogens with one attached hydrogen (secondary N) is 2. The molecule has 1 aromatic carbocycles. The summed E-state index contributed by atoms with van der Waals surface area (Å²) in [5, 5.41) is 7.04. The zero-order valence-electron chi connectivity index (χ0n) is 17.8. The first-order valence-corrected chi connectivity index (χ1v) is 11.1. The van der Waals surface area contributed by atoms with Gasteiger partial charge in [0.15, 0.2) is 5.96 Å². The first-order chi connectivity index (χ1) is 13.8. The van der Waals surface area contributed by atoms with E-state index in [0.29, 0.717) is 5.92 Å². The van der Waals surface area contributed by atoms with E-state index in [2.05, 4.69) is 51.7 Å². The minimum Gasteiger partial charge on any atom is -0.373 e. The van der Waals surface area contributed by atoms with Gasteiger partial charge in [0.1, 0.15) is 0 Å². The molecule has 0 aromatic heterocycles. The van der Waals surface area contributed by atoms with Gasteiger partial charge in [-0.05, 0) is 51.3 Å². The molecule has 0 amide bonds. The average molecular weight is 387 g/mol. The monoisotopic (exact) mass is 386 g/mol. The summed E-state index contributed by atoms with van der Waals surface area (Å²) in [4.78, 5) is 7.00. The van der Waals surface area contributed by atoms with Gasteiger partial charge in [0.25, 0.3) is 0 Å². The summed E-state index contributed by atoms with van der Waals surface area (Å²) in [6.45, 7) is 8.41. The standard InChI is InChI=1S/C23H38N4O/c1-19-9-11-20(12-10-19)22-21(8-7-17-28-22)18-26-23(24-2)25-13-16-27-14-5-3-4-6-15-27/h9-12,21-22H,3-8,13-18H2,1-2H3,(H2,24,25,26). The van der Waals surface area contributed by atoms with Crippen molar-refractivity contribution in [3.8, 4) is 0 Å².